The molecular weight excluding hydrogens is 168 g/mol. The molecule has 0 fully saturated rings. The van der Waals surface area contributed by atoms with Gasteiger partial charge in [0.25, 0.3) is 0 Å². The van der Waals surface area contributed by atoms with E-state index < -0.39 is 11.8 Å². The molecule has 1 aliphatic rings. The molecule has 0 aromatic rings. The van der Waals surface area contributed by atoms with Crippen LogP contribution in [0.4, 0.5) is 4.79 Å². The Bertz CT molecular complexity index is 210. The minimum absolute atomic E-state index is 0.476. The van der Waals surface area contributed by atoms with Crippen LogP contribution >= 0.6 is 0 Å². The summed E-state index contributed by atoms with van der Waals surface area (Å²) in [5.41, 5.74) is -0.476. The standard InChI is InChI=1S/C10H16O3/c1-10(13-9(11)12)7-5-3-2-4-6-8-10/h2-3H,4-8H2,1H3,(H,11,12)/b3-2-. The van der Waals surface area contributed by atoms with Gasteiger partial charge >= 0.3 is 6.16 Å². The quantitative estimate of drug-likeness (QED) is 0.503. The van der Waals surface area contributed by atoms with Gasteiger partial charge in [-0.25, -0.2) is 4.79 Å². The first-order valence-electron chi connectivity index (χ1n) is 4.69. The zero-order valence-electron chi connectivity index (χ0n) is 7.95. The molecule has 3 heteroatoms. The summed E-state index contributed by atoms with van der Waals surface area (Å²) < 4.78 is 4.90. The van der Waals surface area contributed by atoms with Crippen molar-refractivity contribution in [2.75, 3.05) is 0 Å². The molecule has 1 atom stereocenters. The molecule has 0 spiro atoms. The first-order chi connectivity index (χ1) is 6.12. The molecule has 0 heterocycles. The number of carboxylic acid groups (broad SMARTS) is 1. The van der Waals surface area contributed by atoms with Gasteiger partial charge in [-0.05, 0) is 39.0 Å². The first kappa shape index (κ1) is 10.1. The van der Waals surface area contributed by atoms with Gasteiger partial charge < -0.3 is 9.84 Å². The maximum absolute atomic E-state index is 10.4. The Hall–Kier alpha value is -0.990. The Balaban J connectivity index is 2.53. The van der Waals surface area contributed by atoms with Gasteiger partial charge in [-0.3, -0.25) is 0 Å². The van der Waals surface area contributed by atoms with E-state index in [9.17, 15) is 4.79 Å². The average molecular weight is 184 g/mol. The van der Waals surface area contributed by atoms with E-state index in [1.165, 1.54) is 0 Å². The van der Waals surface area contributed by atoms with Crippen molar-refractivity contribution in [2.45, 2.75) is 44.6 Å². The van der Waals surface area contributed by atoms with Crippen LogP contribution in [-0.4, -0.2) is 16.9 Å². The summed E-state index contributed by atoms with van der Waals surface area (Å²) in [6.07, 6.45) is 7.64. The van der Waals surface area contributed by atoms with Crippen LogP contribution < -0.4 is 0 Å². The van der Waals surface area contributed by atoms with Crippen LogP contribution in [0.5, 0.6) is 0 Å². The second kappa shape index (κ2) is 4.30. The Morgan fingerprint density at radius 1 is 1.38 bits per heavy atom. The number of hydrogen-bond acceptors (Lipinski definition) is 2. The highest BCUT2D eigenvalue weighted by Crippen LogP contribution is 2.26. The summed E-state index contributed by atoms with van der Waals surface area (Å²) in [5.74, 6) is 0. The van der Waals surface area contributed by atoms with E-state index in [1.54, 1.807) is 0 Å². The van der Waals surface area contributed by atoms with Crippen molar-refractivity contribution in [2.24, 2.45) is 0 Å². The molecule has 0 saturated carbocycles. The Kier molecular flexibility index (Phi) is 3.34. The summed E-state index contributed by atoms with van der Waals surface area (Å²) in [6.45, 7) is 1.88. The second-order valence-corrected chi connectivity index (χ2v) is 3.72. The van der Waals surface area contributed by atoms with Crippen molar-refractivity contribution in [1.82, 2.24) is 0 Å². The van der Waals surface area contributed by atoms with Crippen LogP contribution in [0, 0.1) is 0 Å². The molecule has 0 amide bonds. The normalized spacial score (nSPS) is 31.5. The van der Waals surface area contributed by atoms with Crippen molar-refractivity contribution in [1.29, 1.82) is 0 Å². The van der Waals surface area contributed by atoms with E-state index in [1.807, 2.05) is 6.92 Å². The number of hydrogen-bond donors (Lipinski definition) is 1. The lowest BCUT2D eigenvalue weighted by Gasteiger charge is -2.28. The Labute approximate surface area is 78.4 Å². The van der Waals surface area contributed by atoms with Gasteiger partial charge in [0, 0.05) is 0 Å². The van der Waals surface area contributed by atoms with Crippen molar-refractivity contribution in [3.63, 3.8) is 0 Å². The SMILES string of the molecule is CC1(OC(=O)O)CC/C=C\CCC1. The Morgan fingerprint density at radius 2 is 2.08 bits per heavy atom. The number of ether oxygens (including phenoxy) is 1. The molecule has 0 bridgehead atoms. The van der Waals surface area contributed by atoms with Gasteiger partial charge in [0.2, 0.25) is 0 Å². The van der Waals surface area contributed by atoms with Gasteiger partial charge in [-0.15, -0.1) is 0 Å². The van der Waals surface area contributed by atoms with Crippen LogP contribution in [0.15, 0.2) is 12.2 Å². The van der Waals surface area contributed by atoms with Gasteiger partial charge in [0.05, 0.1) is 0 Å². The molecule has 0 aromatic heterocycles. The third-order valence-corrected chi connectivity index (χ3v) is 2.42. The second-order valence-electron chi connectivity index (χ2n) is 3.72. The highest BCUT2D eigenvalue weighted by atomic mass is 16.7. The number of allylic oxidation sites excluding steroid dienone is 2. The van der Waals surface area contributed by atoms with Crippen molar-refractivity contribution in [3.8, 4) is 0 Å². The van der Waals surface area contributed by atoms with Crippen molar-refractivity contribution in [3.05, 3.63) is 12.2 Å². The number of carbonyl (C=O) groups is 1. The maximum Gasteiger partial charge on any atom is 0.506 e. The van der Waals surface area contributed by atoms with Gasteiger partial charge in [-0.2, -0.15) is 0 Å². The third kappa shape index (κ3) is 3.49. The molecule has 0 aromatic carbocycles. The topological polar surface area (TPSA) is 46.5 Å². The fourth-order valence-electron chi connectivity index (χ4n) is 1.66. The van der Waals surface area contributed by atoms with E-state index in [0.29, 0.717) is 0 Å². The van der Waals surface area contributed by atoms with Gasteiger partial charge in [-0.1, -0.05) is 12.2 Å². The predicted octanol–water partition coefficient (Wildman–Crippen LogP) is 2.96. The number of rotatable bonds is 1. The van der Waals surface area contributed by atoms with Crippen LogP contribution in [0.1, 0.15) is 39.0 Å². The molecule has 0 radical (unpaired) electrons. The minimum Gasteiger partial charge on any atom is -0.450 e. The molecule has 3 nitrogen and oxygen atoms in total. The third-order valence-electron chi connectivity index (χ3n) is 2.42. The average Bonchev–Trinajstić information content (AvgIpc) is 1.97. The largest absolute Gasteiger partial charge is 0.506 e. The fraction of sp³-hybridized carbons (Fsp3) is 0.700. The van der Waals surface area contributed by atoms with E-state index in [0.717, 1.165) is 32.1 Å². The minimum atomic E-state index is -1.16. The smallest absolute Gasteiger partial charge is 0.450 e. The van der Waals surface area contributed by atoms with E-state index in [2.05, 4.69) is 12.2 Å². The molecule has 1 rings (SSSR count). The molecular formula is C10H16O3. The van der Waals surface area contributed by atoms with Crippen molar-refractivity contribution < 1.29 is 14.6 Å². The van der Waals surface area contributed by atoms with Gasteiger partial charge in [0.15, 0.2) is 0 Å². The Morgan fingerprint density at radius 3 is 2.77 bits per heavy atom. The molecule has 0 aliphatic heterocycles. The summed E-state index contributed by atoms with van der Waals surface area (Å²) in [6, 6.07) is 0. The molecule has 1 unspecified atom stereocenters. The zero-order chi connectivity index (χ0) is 9.73. The molecule has 1 N–H and O–H groups in total. The molecule has 0 saturated heterocycles. The highest BCUT2D eigenvalue weighted by Gasteiger charge is 2.27. The summed E-state index contributed by atoms with van der Waals surface area (Å²) >= 11 is 0. The highest BCUT2D eigenvalue weighted by molar-refractivity contribution is 5.57. The van der Waals surface area contributed by atoms with E-state index in [4.69, 9.17) is 9.84 Å². The zero-order valence-corrected chi connectivity index (χ0v) is 7.95. The maximum atomic E-state index is 10.4. The van der Waals surface area contributed by atoms with Gasteiger partial charge in [0.1, 0.15) is 5.60 Å². The van der Waals surface area contributed by atoms with Crippen molar-refractivity contribution >= 4 is 6.16 Å². The molecule has 74 valence electrons. The predicted molar refractivity (Wildman–Crippen MR) is 49.7 cm³/mol. The van der Waals surface area contributed by atoms with Crippen LogP contribution in [0.3, 0.4) is 0 Å². The molecule has 1 aliphatic carbocycles. The summed E-state index contributed by atoms with van der Waals surface area (Å²) in [5, 5.41) is 8.55. The van der Waals surface area contributed by atoms with E-state index >= 15 is 0 Å². The molecule has 13 heavy (non-hydrogen) atoms. The van der Waals surface area contributed by atoms with Crippen LogP contribution in [-0.2, 0) is 4.74 Å². The lowest BCUT2D eigenvalue weighted by atomic mass is 9.91. The fourth-order valence-corrected chi connectivity index (χ4v) is 1.66. The van der Waals surface area contributed by atoms with Crippen LogP contribution in [0.2, 0.25) is 0 Å². The van der Waals surface area contributed by atoms with E-state index in [-0.39, 0.29) is 0 Å². The monoisotopic (exact) mass is 184 g/mol. The lowest BCUT2D eigenvalue weighted by Crippen LogP contribution is -2.31. The summed E-state index contributed by atoms with van der Waals surface area (Å²) in [4.78, 5) is 10.4. The summed E-state index contributed by atoms with van der Waals surface area (Å²) in [7, 11) is 0. The van der Waals surface area contributed by atoms with Crippen LogP contribution in [0.25, 0.3) is 0 Å². The lowest BCUT2D eigenvalue weighted by molar-refractivity contribution is -0.0187. The first-order valence-corrected chi connectivity index (χ1v) is 4.69.